The van der Waals surface area contributed by atoms with Crippen molar-refractivity contribution in [2.45, 2.75) is 0 Å². The number of nitrogens with zero attached hydrogens (tertiary/aromatic N) is 3. The van der Waals surface area contributed by atoms with Gasteiger partial charge in [0.15, 0.2) is 9.84 Å². The van der Waals surface area contributed by atoms with Gasteiger partial charge in [0.25, 0.3) is 0 Å². The van der Waals surface area contributed by atoms with E-state index in [2.05, 4.69) is 5.10 Å². The molecule has 1 heterocycles. The third-order valence-corrected chi connectivity index (χ3v) is 3.21. The van der Waals surface area contributed by atoms with Gasteiger partial charge in [0.2, 0.25) is 0 Å². The van der Waals surface area contributed by atoms with Crippen LogP contribution in [0.5, 0.6) is 0 Å². The Morgan fingerprint density at radius 1 is 1.42 bits per heavy atom. The Balaban J connectivity index is 2.48. The second-order valence-corrected chi connectivity index (χ2v) is 4.78. The third-order valence-electron chi connectivity index (χ3n) is 1.60. The molecular formula is C6H9N3O2S. The predicted molar refractivity (Wildman–Crippen MR) is 44.3 cm³/mol. The van der Waals surface area contributed by atoms with E-state index in [0.29, 0.717) is 13.1 Å². The Hall–Kier alpha value is -1.09. The van der Waals surface area contributed by atoms with Crippen molar-refractivity contribution in [1.82, 2.24) is 5.01 Å². The lowest BCUT2D eigenvalue weighted by Gasteiger charge is -2.22. The van der Waals surface area contributed by atoms with Crippen molar-refractivity contribution in [2.24, 2.45) is 5.10 Å². The average Bonchev–Trinajstić information content (AvgIpc) is 2.03. The van der Waals surface area contributed by atoms with Crippen molar-refractivity contribution < 1.29 is 8.42 Å². The molecule has 6 heteroatoms. The molecule has 0 N–H and O–H groups in total. The van der Waals surface area contributed by atoms with Gasteiger partial charge in [0.05, 0.1) is 24.6 Å². The van der Waals surface area contributed by atoms with E-state index in [1.807, 2.05) is 0 Å². The second kappa shape index (κ2) is 3.54. The molecule has 0 bridgehead atoms. The van der Waals surface area contributed by atoms with Crippen LogP contribution in [0.25, 0.3) is 0 Å². The van der Waals surface area contributed by atoms with Crippen LogP contribution < -0.4 is 0 Å². The fourth-order valence-corrected chi connectivity index (χ4v) is 2.11. The lowest BCUT2D eigenvalue weighted by atomic mass is 10.6. The molecule has 0 aromatic rings. The molecular weight excluding hydrogens is 178 g/mol. The number of hydrogen-bond acceptors (Lipinski definition) is 5. The molecule has 1 aliphatic heterocycles. The van der Waals surface area contributed by atoms with Crippen molar-refractivity contribution in [3.05, 3.63) is 0 Å². The Bertz CT molecular complexity index is 300. The minimum Gasteiger partial charge on any atom is -0.294 e. The van der Waals surface area contributed by atoms with Crippen molar-refractivity contribution in [2.75, 3.05) is 24.6 Å². The van der Waals surface area contributed by atoms with E-state index in [9.17, 15) is 8.42 Å². The smallest absolute Gasteiger partial charge is 0.153 e. The highest BCUT2D eigenvalue weighted by molar-refractivity contribution is 7.91. The molecule has 0 radical (unpaired) electrons. The van der Waals surface area contributed by atoms with E-state index in [1.54, 1.807) is 11.1 Å². The van der Waals surface area contributed by atoms with Crippen LogP contribution in [0.15, 0.2) is 5.10 Å². The molecule has 1 aliphatic rings. The summed E-state index contributed by atoms with van der Waals surface area (Å²) in [5.41, 5.74) is 0. The minimum atomic E-state index is -2.84. The van der Waals surface area contributed by atoms with Crippen molar-refractivity contribution in [3.63, 3.8) is 0 Å². The highest BCUT2D eigenvalue weighted by Crippen LogP contribution is 2.02. The maximum Gasteiger partial charge on any atom is 0.153 e. The summed E-state index contributed by atoms with van der Waals surface area (Å²) >= 11 is 0. The first-order valence-corrected chi connectivity index (χ1v) is 5.33. The summed E-state index contributed by atoms with van der Waals surface area (Å²) in [4.78, 5) is 0. The lowest BCUT2D eigenvalue weighted by Crippen LogP contribution is -2.36. The fourth-order valence-electron chi connectivity index (χ4n) is 0.926. The normalized spacial score (nSPS) is 22.4. The first-order chi connectivity index (χ1) is 5.64. The number of sulfone groups is 1. The zero-order valence-electron chi connectivity index (χ0n) is 6.47. The first-order valence-electron chi connectivity index (χ1n) is 3.51. The molecule has 12 heavy (non-hydrogen) atoms. The van der Waals surface area contributed by atoms with E-state index in [4.69, 9.17) is 5.26 Å². The number of nitriles is 1. The van der Waals surface area contributed by atoms with Crippen molar-refractivity contribution in [3.8, 4) is 6.07 Å². The van der Waals surface area contributed by atoms with Crippen LogP contribution in [0.2, 0.25) is 0 Å². The van der Waals surface area contributed by atoms with Crippen LogP contribution in [0.4, 0.5) is 0 Å². The van der Waals surface area contributed by atoms with Gasteiger partial charge in [-0.3, -0.25) is 5.01 Å². The van der Waals surface area contributed by atoms with Gasteiger partial charge in [-0.2, -0.15) is 10.4 Å². The molecule has 1 saturated heterocycles. The Morgan fingerprint density at radius 2 is 2.00 bits per heavy atom. The summed E-state index contributed by atoms with van der Waals surface area (Å²) in [5, 5.41) is 13.5. The third kappa shape index (κ3) is 2.51. The molecule has 1 rings (SSSR count). The summed E-state index contributed by atoms with van der Waals surface area (Å²) < 4.78 is 21.9. The number of hydrazone groups is 1. The van der Waals surface area contributed by atoms with Gasteiger partial charge < -0.3 is 0 Å². The summed E-state index contributed by atoms with van der Waals surface area (Å²) in [6.07, 6.45) is 1.11. The van der Waals surface area contributed by atoms with Crippen LogP contribution in [0.3, 0.4) is 0 Å². The molecule has 0 saturated carbocycles. The summed E-state index contributed by atoms with van der Waals surface area (Å²) in [5.74, 6) is 0.269. The Labute approximate surface area is 71.2 Å². The van der Waals surface area contributed by atoms with Crippen LogP contribution in [0.1, 0.15) is 0 Å². The van der Waals surface area contributed by atoms with E-state index in [1.165, 1.54) is 0 Å². The highest BCUT2D eigenvalue weighted by atomic mass is 32.2. The monoisotopic (exact) mass is 187 g/mol. The summed E-state index contributed by atoms with van der Waals surface area (Å²) in [6, 6.07) is 1.75. The van der Waals surface area contributed by atoms with E-state index in [0.717, 1.165) is 6.21 Å². The standard InChI is InChI=1S/C6H9N3O2S/c7-1-2-8-9-3-5-12(10,11)6-4-9/h2H,3-6H2/b8-2+. The zero-order valence-corrected chi connectivity index (χ0v) is 7.29. The SMILES string of the molecule is N#C/C=N/N1CCS(=O)(=O)CC1. The van der Waals surface area contributed by atoms with E-state index in [-0.39, 0.29) is 11.5 Å². The maximum atomic E-state index is 10.9. The second-order valence-electron chi connectivity index (χ2n) is 2.48. The van der Waals surface area contributed by atoms with Gasteiger partial charge >= 0.3 is 0 Å². The van der Waals surface area contributed by atoms with E-state index >= 15 is 0 Å². The molecule has 1 fully saturated rings. The highest BCUT2D eigenvalue weighted by Gasteiger charge is 2.19. The molecule has 5 nitrogen and oxygen atoms in total. The van der Waals surface area contributed by atoms with E-state index < -0.39 is 9.84 Å². The first kappa shape index (κ1) is 9.00. The Kier molecular flexibility index (Phi) is 2.65. The fraction of sp³-hybridized carbons (Fsp3) is 0.667. The van der Waals surface area contributed by atoms with Crippen molar-refractivity contribution >= 4 is 16.1 Å². The maximum absolute atomic E-state index is 10.9. The molecule has 0 spiro atoms. The van der Waals surface area contributed by atoms with Gasteiger partial charge in [-0.05, 0) is 0 Å². The number of hydrogen-bond donors (Lipinski definition) is 0. The summed E-state index contributed by atoms with van der Waals surface area (Å²) in [6.45, 7) is 0.779. The largest absolute Gasteiger partial charge is 0.294 e. The molecule has 66 valence electrons. The topological polar surface area (TPSA) is 73.5 Å². The van der Waals surface area contributed by atoms with Gasteiger partial charge in [-0.15, -0.1) is 0 Å². The van der Waals surface area contributed by atoms with Crippen LogP contribution in [0, 0.1) is 11.3 Å². The van der Waals surface area contributed by atoms with Crippen LogP contribution >= 0.6 is 0 Å². The molecule has 0 aromatic carbocycles. The molecule has 0 amide bonds. The minimum absolute atomic E-state index is 0.135. The zero-order chi connectivity index (χ0) is 9.03. The number of rotatable bonds is 1. The van der Waals surface area contributed by atoms with Crippen LogP contribution in [-0.4, -0.2) is 44.2 Å². The van der Waals surface area contributed by atoms with Gasteiger partial charge in [-0.25, -0.2) is 8.42 Å². The van der Waals surface area contributed by atoms with Gasteiger partial charge in [0, 0.05) is 0 Å². The average molecular weight is 187 g/mol. The quantitative estimate of drug-likeness (QED) is 0.505. The van der Waals surface area contributed by atoms with Crippen molar-refractivity contribution in [1.29, 1.82) is 5.26 Å². The molecule has 0 unspecified atom stereocenters. The molecule has 0 aliphatic carbocycles. The Morgan fingerprint density at radius 3 is 2.50 bits per heavy atom. The lowest BCUT2D eigenvalue weighted by molar-refractivity contribution is 0.314. The van der Waals surface area contributed by atoms with Gasteiger partial charge in [0.1, 0.15) is 12.3 Å². The summed E-state index contributed by atoms with van der Waals surface area (Å²) in [7, 11) is -2.84. The van der Waals surface area contributed by atoms with Gasteiger partial charge in [-0.1, -0.05) is 0 Å². The molecule has 0 atom stereocenters. The van der Waals surface area contributed by atoms with Crippen LogP contribution in [-0.2, 0) is 9.84 Å². The predicted octanol–water partition coefficient (Wildman–Crippen LogP) is -0.774. The molecule has 0 aromatic heterocycles.